The number of rotatable bonds is 6. The SMILES string of the molecule is CCC(NC(C)CC(C)C)C(N)=O. The highest BCUT2D eigenvalue weighted by Gasteiger charge is 2.15. The summed E-state index contributed by atoms with van der Waals surface area (Å²) in [4.78, 5) is 10.9. The van der Waals surface area contributed by atoms with E-state index in [2.05, 4.69) is 26.1 Å². The topological polar surface area (TPSA) is 55.1 Å². The first-order valence-electron chi connectivity index (χ1n) is 5.02. The lowest BCUT2D eigenvalue weighted by atomic mass is 10.0. The molecule has 0 aromatic rings. The predicted octanol–water partition coefficient (Wildman–Crippen LogP) is 1.27. The monoisotopic (exact) mass is 186 g/mol. The number of carbonyl (C=O) groups excluding carboxylic acids is 1. The lowest BCUT2D eigenvalue weighted by molar-refractivity contribution is -0.120. The maximum Gasteiger partial charge on any atom is 0.234 e. The van der Waals surface area contributed by atoms with Crippen LogP contribution in [0.1, 0.15) is 40.5 Å². The first-order valence-corrected chi connectivity index (χ1v) is 5.02. The van der Waals surface area contributed by atoms with Crippen molar-refractivity contribution in [3.8, 4) is 0 Å². The zero-order valence-electron chi connectivity index (χ0n) is 9.13. The third-order valence-electron chi connectivity index (χ3n) is 2.06. The van der Waals surface area contributed by atoms with Crippen LogP contribution < -0.4 is 11.1 Å². The molecule has 0 aliphatic rings. The van der Waals surface area contributed by atoms with Crippen LogP contribution in [0.5, 0.6) is 0 Å². The highest BCUT2D eigenvalue weighted by molar-refractivity contribution is 5.79. The lowest BCUT2D eigenvalue weighted by Crippen LogP contribution is -2.45. The number of amides is 1. The van der Waals surface area contributed by atoms with Gasteiger partial charge in [-0.1, -0.05) is 20.8 Å². The Morgan fingerprint density at radius 2 is 1.92 bits per heavy atom. The number of nitrogens with two attached hydrogens (primary N) is 1. The van der Waals surface area contributed by atoms with Gasteiger partial charge in [0.2, 0.25) is 5.91 Å². The average Bonchev–Trinajstić information content (AvgIpc) is 1.98. The second-order valence-corrected chi connectivity index (χ2v) is 4.06. The van der Waals surface area contributed by atoms with Gasteiger partial charge in [-0.3, -0.25) is 4.79 Å². The van der Waals surface area contributed by atoms with Crippen molar-refractivity contribution in [1.29, 1.82) is 0 Å². The minimum atomic E-state index is -0.252. The highest BCUT2D eigenvalue weighted by Crippen LogP contribution is 2.05. The van der Waals surface area contributed by atoms with Crippen LogP contribution in [0.15, 0.2) is 0 Å². The van der Waals surface area contributed by atoms with E-state index < -0.39 is 0 Å². The molecule has 1 amide bonds. The fourth-order valence-electron chi connectivity index (χ4n) is 1.52. The molecule has 2 atom stereocenters. The van der Waals surface area contributed by atoms with Gasteiger partial charge in [-0.25, -0.2) is 0 Å². The molecule has 3 heteroatoms. The van der Waals surface area contributed by atoms with Crippen molar-refractivity contribution in [1.82, 2.24) is 5.32 Å². The molecule has 0 saturated heterocycles. The Labute approximate surface area is 81.1 Å². The van der Waals surface area contributed by atoms with Gasteiger partial charge in [0.05, 0.1) is 6.04 Å². The zero-order chi connectivity index (χ0) is 10.4. The van der Waals surface area contributed by atoms with Crippen molar-refractivity contribution >= 4 is 5.91 Å². The van der Waals surface area contributed by atoms with Gasteiger partial charge in [-0.2, -0.15) is 0 Å². The van der Waals surface area contributed by atoms with E-state index in [1.54, 1.807) is 0 Å². The van der Waals surface area contributed by atoms with Crippen molar-refractivity contribution in [2.75, 3.05) is 0 Å². The Morgan fingerprint density at radius 3 is 2.23 bits per heavy atom. The van der Waals surface area contributed by atoms with Crippen molar-refractivity contribution in [3.05, 3.63) is 0 Å². The summed E-state index contributed by atoms with van der Waals surface area (Å²) < 4.78 is 0. The van der Waals surface area contributed by atoms with Gasteiger partial charge in [0.15, 0.2) is 0 Å². The number of primary amides is 1. The van der Waals surface area contributed by atoms with Crippen LogP contribution in [-0.4, -0.2) is 18.0 Å². The Bertz CT molecular complexity index is 157. The van der Waals surface area contributed by atoms with E-state index in [0.29, 0.717) is 12.0 Å². The molecule has 0 saturated carbocycles. The summed E-state index contributed by atoms with van der Waals surface area (Å²) in [5.74, 6) is 0.394. The first-order chi connectivity index (χ1) is 5.97. The van der Waals surface area contributed by atoms with Gasteiger partial charge in [0.25, 0.3) is 0 Å². The molecule has 0 fully saturated rings. The molecule has 0 aliphatic carbocycles. The van der Waals surface area contributed by atoms with Crippen molar-refractivity contribution in [3.63, 3.8) is 0 Å². The lowest BCUT2D eigenvalue weighted by Gasteiger charge is -2.20. The summed E-state index contributed by atoms with van der Waals surface area (Å²) in [7, 11) is 0. The average molecular weight is 186 g/mol. The molecule has 0 aromatic carbocycles. The first kappa shape index (κ1) is 12.4. The van der Waals surface area contributed by atoms with E-state index in [0.717, 1.165) is 12.8 Å². The van der Waals surface area contributed by atoms with Crippen LogP contribution in [-0.2, 0) is 4.79 Å². The molecule has 0 bridgehead atoms. The molecule has 13 heavy (non-hydrogen) atoms. The Balaban J connectivity index is 3.86. The van der Waals surface area contributed by atoms with Gasteiger partial charge in [0, 0.05) is 6.04 Å². The maximum absolute atomic E-state index is 10.9. The summed E-state index contributed by atoms with van der Waals surface area (Å²) in [5.41, 5.74) is 5.22. The van der Waals surface area contributed by atoms with Crippen LogP contribution in [0.3, 0.4) is 0 Å². The quantitative estimate of drug-likeness (QED) is 0.656. The Morgan fingerprint density at radius 1 is 1.38 bits per heavy atom. The highest BCUT2D eigenvalue weighted by atomic mass is 16.1. The summed E-state index contributed by atoms with van der Waals surface area (Å²) in [6.45, 7) is 8.39. The third-order valence-corrected chi connectivity index (χ3v) is 2.06. The molecule has 0 radical (unpaired) electrons. The summed E-state index contributed by atoms with van der Waals surface area (Å²) in [5, 5.41) is 3.22. The molecule has 3 nitrogen and oxygen atoms in total. The second kappa shape index (κ2) is 5.97. The standard InChI is InChI=1S/C10H22N2O/c1-5-9(10(11)13)12-8(4)6-7(2)3/h7-9,12H,5-6H2,1-4H3,(H2,11,13). The molecule has 3 N–H and O–H groups in total. The van der Waals surface area contributed by atoms with Gasteiger partial charge in [0.1, 0.15) is 0 Å². The van der Waals surface area contributed by atoms with Gasteiger partial charge in [-0.05, 0) is 25.7 Å². The molecule has 0 aromatic heterocycles. The molecule has 0 aliphatic heterocycles. The molecule has 0 rings (SSSR count). The zero-order valence-corrected chi connectivity index (χ0v) is 9.13. The largest absolute Gasteiger partial charge is 0.368 e. The van der Waals surface area contributed by atoms with Crippen LogP contribution in [0.25, 0.3) is 0 Å². The summed E-state index contributed by atoms with van der Waals surface area (Å²) >= 11 is 0. The van der Waals surface area contributed by atoms with E-state index in [1.165, 1.54) is 0 Å². The normalized spacial score (nSPS) is 15.8. The molecular weight excluding hydrogens is 164 g/mol. The van der Waals surface area contributed by atoms with Gasteiger partial charge < -0.3 is 11.1 Å². The van der Waals surface area contributed by atoms with Crippen molar-refractivity contribution in [2.45, 2.75) is 52.6 Å². The Kier molecular flexibility index (Phi) is 5.71. The molecule has 0 spiro atoms. The molecule has 2 unspecified atom stereocenters. The van der Waals surface area contributed by atoms with E-state index in [4.69, 9.17) is 5.73 Å². The van der Waals surface area contributed by atoms with Gasteiger partial charge >= 0.3 is 0 Å². The predicted molar refractivity (Wildman–Crippen MR) is 55.3 cm³/mol. The van der Waals surface area contributed by atoms with E-state index in [1.807, 2.05) is 6.92 Å². The van der Waals surface area contributed by atoms with Crippen LogP contribution in [0, 0.1) is 5.92 Å². The van der Waals surface area contributed by atoms with Gasteiger partial charge in [-0.15, -0.1) is 0 Å². The third kappa shape index (κ3) is 5.64. The maximum atomic E-state index is 10.9. The van der Waals surface area contributed by atoms with E-state index >= 15 is 0 Å². The smallest absolute Gasteiger partial charge is 0.234 e. The second-order valence-electron chi connectivity index (χ2n) is 4.06. The van der Waals surface area contributed by atoms with Crippen molar-refractivity contribution in [2.24, 2.45) is 11.7 Å². The van der Waals surface area contributed by atoms with Crippen LogP contribution in [0.4, 0.5) is 0 Å². The van der Waals surface area contributed by atoms with E-state index in [-0.39, 0.29) is 11.9 Å². The number of carbonyl (C=O) groups is 1. The molecule has 78 valence electrons. The van der Waals surface area contributed by atoms with Crippen molar-refractivity contribution < 1.29 is 4.79 Å². The number of hydrogen-bond acceptors (Lipinski definition) is 2. The fourth-order valence-corrected chi connectivity index (χ4v) is 1.52. The van der Waals surface area contributed by atoms with Crippen LogP contribution in [0.2, 0.25) is 0 Å². The molecular formula is C10H22N2O. The number of nitrogens with one attached hydrogen (secondary N) is 1. The Hall–Kier alpha value is -0.570. The summed E-state index contributed by atoms with van der Waals surface area (Å²) in [6, 6.07) is 0.186. The minimum absolute atomic E-state index is 0.172. The molecule has 0 heterocycles. The van der Waals surface area contributed by atoms with E-state index in [9.17, 15) is 4.79 Å². The summed E-state index contributed by atoms with van der Waals surface area (Å²) in [6.07, 6.45) is 1.83. The fraction of sp³-hybridized carbons (Fsp3) is 0.900. The van der Waals surface area contributed by atoms with Crippen LogP contribution >= 0.6 is 0 Å². The minimum Gasteiger partial charge on any atom is -0.368 e. The number of hydrogen-bond donors (Lipinski definition) is 2.